The molecular weight excluding hydrogens is 176 g/mol. The van der Waals surface area contributed by atoms with E-state index in [1.54, 1.807) is 0 Å². The van der Waals surface area contributed by atoms with Gasteiger partial charge in [0.05, 0.1) is 5.41 Å². The van der Waals surface area contributed by atoms with Gasteiger partial charge in [0.1, 0.15) is 0 Å². The fourth-order valence-electron chi connectivity index (χ4n) is 2.50. The molecule has 2 nitrogen and oxygen atoms in total. The van der Waals surface area contributed by atoms with Crippen LogP contribution in [0.25, 0.3) is 0 Å². The van der Waals surface area contributed by atoms with E-state index in [1.807, 2.05) is 0 Å². The normalized spacial score (nSPS) is 20.6. The zero-order valence-electron chi connectivity index (χ0n) is 9.18. The van der Waals surface area contributed by atoms with Gasteiger partial charge in [0.2, 0.25) is 0 Å². The van der Waals surface area contributed by atoms with Crippen LogP contribution in [0, 0.1) is 5.41 Å². The molecule has 0 aromatic rings. The highest BCUT2D eigenvalue weighted by molar-refractivity contribution is 5.74. The van der Waals surface area contributed by atoms with Crippen molar-refractivity contribution in [3.8, 4) is 0 Å². The molecule has 0 saturated heterocycles. The smallest absolute Gasteiger partial charge is 0.247 e. The van der Waals surface area contributed by atoms with Gasteiger partial charge in [-0.15, -0.1) is 0 Å². The Morgan fingerprint density at radius 1 is 1.14 bits per heavy atom. The molecule has 0 aromatic carbocycles. The van der Waals surface area contributed by atoms with Crippen LogP contribution in [0.4, 0.5) is 0 Å². The van der Waals surface area contributed by atoms with E-state index in [0.29, 0.717) is 0 Å². The predicted molar refractivity (Wildman–Crippen MR) is 55.4 cm³/mol. The van der Waals surface area contributed by atoms with Crippen molar-refractivity contribution in [3.63, 3.8) is 0 Å². The van der Waals surface area contributed by atoms with Crippen LogP contribution in [0.1, 0.15) is 64.7 Å². The molecule has 0 aromatic heterocycles. The van der Waals surface area contributed by atoms with E-state index in [9.17, 15) is 9.90 Å². The highest BCUT2D eigenvalue weighted by atomic mass is 16.4. The van der Waals surface area contributed by atoms with Crippen LogP contribution in [0.5, 0.6) is 0 Å². The lowest BCUT2D eigenvalue weighted by Crippen LogP contribution is -2.32. The van der Waals surface area contributed by atoms with Gasteiger partial charge < -0.3 is 0 Å². The number of hydrogen-bond acceptors (Lipinski definition) is 1. The first kappa shape index (κ1) is 11.5. The van der Waals surface area contributed by atoms with E-state index in [2.05, 4.69) is 6.92 Å². The van der Waals surface area contributed by atoms with Gasteiger partial charge in [0.25, 0.3) is 0 Å². The second kappa shape index (κ2) is 5.38. The van der Waals surface area contributed by atoms with E-state index in [1.165, 1.54) is 6.42 Å². The van der Waals surface area contributed by atoms with E-state index in [-0.39, 0.29) is 0 Å². The van der Waals surface area contributed by atoms with Gasteiger partial charge in [-0.25, -0.2) is 9.90 Å². The largest absolute Gasteiger partial charge is 0.361 e. The molecule has 81 valence electrons. The third-order valence-corrected chi connectivity index (χ3v) is 3.50. The average Bonchev–Trinajstić information content (AvgIpc) is 2.19. The van der Waals surface area contributed by atoms with Gasteiger partial charge >= 0.3 is 5.97 Å². The summed E-state index contributed by atoms with van der Waals surface area (Å²) in [5, 5.41) is 11.2. The highest BCUT2D eigenvalue weighted by Crippen LogP contribution is 2.41. The molecule has 2 heteroatoms. The summed E-state index contributed by atoms with van der Waals surface area (Å²) in [4.78, 5) is 11.2. The first-order valence-electron chi connectivity index (χ1n) is 5.93. The topological polar surface area (TPSA) is 37.0 Å². The minimum absolute atomic E-state index is 0.465. The molecule has 1 saturated carbocycles. The number of hydrogen-bond donors (Lipinski definition) is 0. The third-order valence-electron chi connectivity index (χ3n) is 3.50. The molecule has 0 unspecified atom stereocenters. The quantitative estimate of drug-likeness (QED) is 0.622. The van der Waals surface area contributed by atoms with Crippen LogP contribution in [0.3, 0.4) is 0 Å². The molecule has 1 radical (unpaired) electrons. The number of carbonyl (C=O) groups excluding carboxylic acids is 1. The zero-order chi connectivity index (χ0) is 10.4. The van der Waals surface area contributed by atoms with E-state index in [0.717, 1.165) is 51.4 Å². The molecule has 0 heterocycles. The monoisotopic (exact) mass is 197 g/mol. The summed E-state index contributed by atoms with van der Waals surface area (Å²) in [5.41, 5.74) is -0.465. The third kappa shape index (κ3) is 2.73. The summed E-state index contributed by atoms with van der Waals surface area (Å²) in [6.07, 6.45) is 9.22. The Labute approximate surface area is 86.7 Å². The van der Waals surface area contributed by atoms with E-state index in [4.69, 9.17) is 0 Å². The van der Waals surface area contributed by atoms with Crippen LogP contribution in [-0.4, -0.2) is 5.97 Å². The first-order chi connectivity index (χ1) is 6.71. The second-order valence-electron chi connectivity index (χ2n) is 4.59. The van der Waals surface area contributed by atoms with Crippen LogP contribution in [0.2, 0.25) is 0 Å². The van der Waals surface area contributed by atoms with Crippen molar-refractivity contribution in [2.24, 2.45) is 5.41 Å². The lowest BCUT2D eigenvalue weighted by molar-refractivity contribution is -0.158. The van der Waals surface area contributed by atoms with Gasteiger partial charge in [-0.2, -0.15) is 0 Å². The standard InChI is InChI=1S/C12H21O2/c1-2-3-5-8-12(11(13)14)9-6-4-7-10-12/h2-10H2,1H3. The molecule has 1 rings (SSSR count). The summed E-state index contributed by atoms with van der Waals surface area (Å²) < 4.78 is 0. The summed E-state index contributed by atoms with van der Waals surface area (Å²) in [5.74, 6) is -0.798. The Hall–Kier alpha value is -0.530. The maximum Gasteiger partial charge on any atom is 0.361 e. The van der Waals surface area contributed by atoms with Gasteiger partial charge in [-0.3, -0.25) is 0 Å². The van der Waals surface area contributed by atoms with Crippen molar-refractivity contribution >= 4 is 5.97 Å². The predicted octanol–water partition coefficient (Wildman–Crippen LogP) is 3.47. The molecule has 0 atom stereocenters. The maximum absolute atomic E-state index is 11.2. The van der Waals surface area contributed by atoms with E-state index < -0.39 is 11.4 Å². The van der Waals surface area contributed by atoms with E-state index >= 15 is 0 Å². The molecule has 0 spiro atoms. The van der Waals surface area contributed by atoms with Crippen molar-refractivity contribution < 1.29 is 9.90 Å². The minimum Gasteiger partial charge on any atom is -0.247 e. The summed E-state index contributed by atoms with van der Waals surface area (Å²) in [7, 11) is 0. The lowest BCUT2D eigenvalue weighted by atomic mass is 9.71. The molecule has 1 aliphatic rings. The molecule has 0 N–H and O–H groups in total. The SMILES string of the molecule is CCCCCC1(C([O])=O)CCCCC1. The minimum atomic E-state index is -0.798. The summed E-state index contributed by atoms with van der Waals surface area (Å²) >= 11 is 0. The van der Waals surface area contributed by atoms with Gasteiger partial charge in [-0.05, 0) is 19.3 Å². The van der Waals surface area contributed by atoms with Crippen molar-refractivity contribution in [2.75, 3.05) is 0 Å². The van der Waals surface area contributed by atoms with Gasteiger partial charge in [0, 0.05) is 0 Å². The maximum atomic E-state index is 11.2. The molecule has 0 bridgehead atoms. The lowest BCUT2D eigenvalue weighted by Gasteiger charge is -2.32. The van der Waals surface area contributed by atoms with Crippen molar-refractivity contribution in [1.29, 1.82) is 0 Å². The van der Waals surface area contributed by atoms with Crippen LogP contribution >= 0.6 is 0 Å². The number of rotatable bonds is 5. The van der Waals surface area contributed by atoms with Crippen molar-refractivity contribution in [1.82, 2.24) is 0 Å². The summed E-state index contributed by atoms with van der Waals surface area (Å²) in [6.45, 7) is 2.15. The Morgan fingerprint density at radius 2 is 1.79 bits per heavy atom. The molecule has 1 aliphatic carbocycles. The number of unbranched alkanes of at least 4 members (excludes halogenated alkanes) is 2. The molecule has 14 heavy (non-hydrogen) atoms. The fraction of sp³-hybridized carbons (Fsp3) is 0.917. The van der Waals surface area contributed by atoms with Crippen molar-refractivity contribution in [2.45, 2.75) is 64.7 Å². The molecular formula is C12H21O2. The Bertz CT molecular complexity index is 181. The Kier molecular flexibility index (Phi) is 4.43. The first-order valence-corrected chi connectivity index (χ1v) is 5.93. The molecule has 0 aliphatic heterocycles. The Balaban J connectivity index is 2.47. The van der Waals surface area contributed by atoms with Crippen molar-refractivity contribution in [3.05, 3.63) is 0 Å². The second-order valence-corrected chi connectivity index (χ2v) is 4.59. The van der Waals surface area contributed by atoms with Crippen LogP contribution in [-0.2, 0) is 9.90 Å². The molecule has 1 fully saturated rings. The average molecular weight is 197 g/mol. The highest BCUT2D eigenvalue weighted by Gasteiger charge is 2.39. The summed E-state index contributed by atoms with van der Waals surface area (Å²) in [6, 6.07) is 0. The molecule has 0 amide bonds. The van der Waals surface area contributed by atoms with Crippen LogP contribution in [0.15, 0.2) is 0 Å². The number of carbonyl (C=O) groups is 1. The Morgan fingerprint density at radius 3 is 2.29 bits per heavy atom. The zero-order valence-corrected chi connectivity index (χ0v) is 9.18. The van der Waals surface area contributed by atoms with Gasteiger partial charge in [0.15, 0.2) is 0 Å². The van der Waals surface area contributed by atoms with Gasteiger partial charge in [-0.1, -0.05) is 45.4 Å². The fourth-order valence-corrected chi connectivity index (χ4v) is 2.50. The van der Waals surface area contributed by atoms with Crippen LogP contribution < -0.4 is 0 Å².